The van der Waals surface area contributed by atoms with Crippen LogP contribution in [-0.2, 0) is 18.4 Å². The Kier molecular flexibility index (Phi) is 8.08. The normalized spacial score (nSPS) is 15.2. The molecule has 5 rings (SSSR count). The van der Waals surface area contributed by atoms with Gasteiger partial charge in [0.1, 0.15) is 0 Å². The Morgan fingerprint density at radius 2 is 2.05 bits per heavy atom. The summed E-state index contributed by atoms with van der Waals surface area (Å²) in [5, 5.41) is 9.06. The first-order valence-corrected chi connectivity index (χ1v) is 14.2. The third-order valence-electron chi connectivity index (χ3n) is 7.03. The maximum absolute atomic E-state index is 13.6. The summed E-state index contributed by atoms with van der Waals surface area (Å²) in [6.45, 7) is 8.02. The molecule has 1 aliphatic rings. The molecule has 3 aromatic heterocycles. The van der Waals surface area contributed by atoms with E-state index in [0.717, 1.165) is 25.3 Å². The predicted octanol–water partition coefficient (Wildman–Crippen LogP) is 3.71. The van der Waals surface area contributed by atoms with Crippen molar-refractivity contribution in [1.82, 2.24) is 29.6 Å². The number of hydrogen-bond acceptors (Lipinski definition) is 7. The van der Waals surface area contributed by atoms with Crippen LogP contribution in [0, 0.1) is 6.92 Å². The second-order valence-corrected chi connectivity index (χ2v) is 11.7. The highest BCUT2D eigenvalue weighted by Crippen LogP contribution is 2.31. The molecule has 11 nitrogen and oxygen atoms in total. The van der Waals surface area contributed by atoms with E-state index < -0.39 is 11.1 Å². The van der Waals surface area contributed by atoms with Crippen molar-refractivity contribution >= 4 is 44.8 Å². The molecule has 2 bridgehead atoms. The highest BCUT2D eigenvalue weighted by molar-refractivity contribution is 6.20. The lowest BCUT2D eigenvalue weighted by Gasteiger charge is -2.25. The van der Waals surface area contributed by atoms with Crippen molar-refractivity contribution in [2.75, 3.05) is 11.9 Å². The van der Waals surface area contributed by atoms with Crippen LogP contribution in [0.15, 0.2) is 49.2 Å². The first-order chi connectivity index (χ1) is 20.1. The number of hydrogen-bond donors (Lipinski definition) is 2. The van der Waals surface area contributed by atoms with Gasteiger partial charge >= 0.3 is 0 Å². The Labute approximate surface area is 246 Å². The maximum Gasteiger partial charge on any atom is 0.258 e. The molecule has 2 N–H and O–H groups in total. The number of nitrogens with one attached hydrogen (secondary N) is 2. The fourth-order valence-electron chi connectivity index (χ4n) is 5.11. The average Bonchev–Trinajstić information content (AvgIpc) is 3.48. The van der Waals surface area contributed by atoms with Crippen LogP contribution in [-0.4, -0.2) is 63.9 Å². The van der Waals surface area contributed by atoms with Crippen molar-refractivity contribution in [2.24, 2.45) is 7.05 Å². The summed E-state index contributed by atoms with van der Waals surface area (Å²) >= 11 is 0. The van der Waals surface area contributed by atoms with Crippen molar-refractivity contribution in [3.8, 4) is 17.1 Å². The summed E-state index contributed by atoms with van der Waals surface area (Å²) in [4.78, 5) is 48.4. The fraction of sp³-hybridized carbons (Fsp3) is 0.333. The number of aryl methyl sites for hydroxylation is 3. The maximum atomic E-state index is 13.6. The first-order valence-electron chi connectivity index (χ1n) is 13.7. The number of benzene rings is 1. The second kappa shape index (κ2) is 11.7. The SMILES string of the molecule is C=CC(=O)NC(C)([Si])CC(=O)c1cccc2nc3n(c12)CCCCCOc1c(cnn1C)-c1cc(cc(C)n1)C(=O)N3. The van der Waals surface area contributed by atoms with Gasteiger partial charge in [-0.3, -0.25) is 24.7 Å². The van der Waals surface area contributed by atoms with Gasteiger partial charge in [-0.1, -0.05) is 12.6 Å². The highest BCUT2D eigenvalue weighted by atomic mass is 28.1. The number of rotatable bonds is 5. The van der Waals surface area contributed by atoms with E-state index in [1.54, 1.807) is 42.1 Å². The molecule has 0 saturated carbocycles. The number of aromatic nitrogens is 5. The minimum atomic E-state index is -0.983. The summed E-state index contributed by atoms with van der Waals surface area (Å²) in [5.74, 6) is 0.00376. The van der Waals surface area contributed by atoms with Gasteiger partial charge in [0.05, 0.1) is 45.3 Å². The highest BCUT2D eigenvalue weighted by Gasteiger charge is 2.27. The zero-order valence-electron chi connectivity index (χ0n) is 23.9. The largest absolute Gasteiger partial charge is 0.477 e. The third-order valence-corrected chi connectivity index (χ3v) is 7.33. The quantitative estimate of drug-likeness (QED) is 0.208. The van der Waals surface area contributed by atoms with E-state index >= 15 is 0 Å². The van der Waals surface area contributed by atoms with Crippen LogP contribution in [0.4, 0.5) is 5.95 Å². The Balaban J connectivity index is 1.55. The smallest absolute Gasteiger partial charge is 0.258 e. The van der Waals surface area contributed by atoms with Gasteiger partial charge in [0.25, 0.3) is 5.91 Å². The Bertz CT molecular complexity index is 1710. The lowest BCUT2D eigenvalue weighted by molar-refractivity contribution is -0.117. The average molecular weight is 583 g/mol. The number of carbonyl (C=O) groups excluding carboxylic acids is 3. The Hall–Kier alpha value is -4.58. The molecule has 0 aliphatic carbocycles. The molecule has 1 aromatic carbocycles. The number of Topliss-reactive ketones (excluding diaryl/α,β-unsaturated/α-hetero) is 1. The van der Waals surface area contributed by atoms with Gasteiger partial charge in [-0.15, -0.1) is 0 Å². The number of ketones is 1. The van der Waals surface area contributed by atoms with Gasteiger partial charge in [0.2, 0.25) is 17.7 Å². The molecule has 2 amide bonds. The zero-order chi connectivity index (χ0) is 30.0. The van der Waals surface area contributed by atoms with Crippen LogP contribution in [0.5, 0.6) is 5.88 Å². The minimum absolute atomic E-state index is 0.0126. The van der Waals surface area contributed by atoms with E-state index in [2.05, 4.69) is 37.5 Å². The standard InChI is InChI=1S/C30H32N7O4Si/c1-5-25(39)35-30(3,42)16-24(38)20-10-9-11-22-26(20)37-12-7-6-8-13-41-28-21(17-31-36(28)4)23-15-19(14-18(2)32-23)27(40)34-29(37)33-22/h5,9-11,14-15,17H,1,6-8,12-13,16H2,2-4H3,(H,35,39)(H,33,34,40). The number of carbonyl (C=O) groups is 3. The number of amides is 2. The van der Waals surface area contributed by atoms with Crippen molar-refractivity contribution < 1.29 is 19.1 Å². The summed E-state index contributed by atoms with van der Waals surface area (Å²) in [6.07, 6.45) is 5.23. The molecule has 4 heterocycles. The van der Waals surface area contributed by atoms with E-state index in [1.165, 1.54) is 0 Å². The molecule has 42 heavy (non-hydrogen) atoms. The number of ether oxygens (including phenoxy) is 1. The van der Waals surface area contributed by atoms with E-state index in [0.29, 0.717) is 64.1 Å². The predicted molar refractivity (Wildman–Crippen MR) is 160 cm³/mol. The first kappa shape index (κ1) is 28.9. The molecule has 215 valence electrons. The van der Waals surface area contributed by atoms with Gasteiger partial charge in [-0.2, -0.15) is 5.10 Å². The van der Waals surface area contributed by atoms with Crippen LogP contribution in [0.1, 0.15) is 59.0 Å². The lowest BCUT2D eigenvalue weighted by atomic mass is 10.0. The summed E-state index contributed by atoms with van der Waals surface area (Å²) in [5.41, 5.74) is 4.02. The molecule has 0 fully saturated rings. The Morgan fingerprint density at radius 1 is 1.24 bits per heavy atom. The van der Waals surface area contributed by atoms with Crippen LogP contribution < -0.4 is 15.4 Å². The zero-order valence-corrected chi connectivity index (χ0v) is 24.9. The molecular weight excluding hydrogens is 550 g/mol. The summed E-state index contributed by atoms with van der Waals surface area (Å²) < 4.78 is 9.67. The molecule has 1 atom stereocenters. The van der Waals surface area contributed by atoms with Gasteiger partial charge in [0, 0.05) is 42.0 Å². The summed E-state index contributed by atoms with van der Waals surface area (Å²) in [6, 6.07) is 8.74. The minimum Gasteiger partial charge on any atom is -0.477 e. The molecular formula is C30H32N7O4Si. The third kappa shape index (κ3) is 6.03. The van der Waals surface area contributed by atoms with Crippen LogP contribution in [0.25, 0.3) is 22.3 Å². The van der Waals surface area contributed by atoms with E-state index in [9.17, 15) is 14.4 Å². The molecule has 12 heteroatoms. The number of fused-ring (bicyclic) bond motifs is 7. The second-order valence-electron chi connectivity index (χ2n) is 10.6. The molecule has 0 spiro atoms. The molecule has 1 unspecified atom stereocenters. The van der Waals surface area contributed by atoms with E-state index in [-0.39, 0.29) is 18.1 Å². The molecule has 0 saturated heterocycles. The van der Waals surface area contributed by atoms with Gasteiger partial charge in [-0.25, -0.2) is 9.67 Å². The lowest BCUT2D eigenvalue weighted by Crippen LogP contribution is -2.47. The topological polar surface area (TPSA) is 133 Å². The van der Waals surface area contributed by atoms with E-state index in [1.807, 2.05) is 24.6 Å². The summed E-state index contributed by atoms with van der Waals surface area (Å²) in [7, 11) is 5.33. The van der Waals surface area contributed by atoms with Crippen molar-refractivity contribution in [3.05, 3.63) is 66.0 Å². The number of nitrogens with zero attached hydrogens (tertiary/aromatic N) is 5. The van der Waals surface area contributed by atoms with Crippen molar-refractivity contribution in [2.45, 2.75) is 51.2 Å². The molecule has 1 aliphatic heterocycles. The van der Waals surface area contributed by atoms with Gasteiger partial charge in [0.15, 0.2) is 5.78 Å². The Morgan fingerprint density at radius 3 is 2.83 bits per heavy atom. The molecule has 3 radical (unpaired) electrons. The number of para-hydroxylation sites is 1. The van der Waals surface area contributed by atoms with Crippen LogP contribution in [0.3, 0.4) is 0 Å². The van der Waals surface area contributed by atoms with Crippen LogP contribution in [0.2, 0.25) is 0 Å². The number of anilines is 1. The van der Waals surface area contributed by atoms with Crippen molar-refractivity contribution in [1.29, 1.82) is 0 Å². The van der Waals surface area contributed by atoms with Gasteiger partial charge < -0.3 is 14.6 Å². The van der Waals surface area contributed by atoms with Gasteiger partial charge in [-0.05, 0) is 63.5 Å². The van der Waals surface area contributed by atoms with E-state index in [4.69, 9.17) is 9.72 Å². The fourth-order valence-corrected chi connectivity index (χ4v) is 5.39. The number of pyridine rings is 1. The number of imidazole rings is 1. The molecule has 4 aromatic rings. The van der Waals surface area contributed by atoms with Crippen molar-refractivity contribution in [3.63, 3.8) is 0 Å². The van der Waals surface area contributed by atoms with Crippen LogP contribution >= 0.6 is 0 Å². The monoisotopic (exact) mass is 582 g/mol.